The summed E-state index contributed by atoms with van der Waals surface area (Å²) in [4.78, 5) is 4.23. The highest BCUT2D eigenvalue weighted by atomic mass is 127. The normalized spacial score (nSPS) is 15.8. The molecule has 0 aliphatic heterocycles. The predicted molar refractivity (Wildman–Crippen MR) is 107 cm³/mol. The van der Waals surface area contributed by atoms with Gasteiger partial charge in [-0.2, -0.15) is 0 Å². The molecule has 0 spiro atoms. The van der Waals surface area contributed by atoms with Gasteiger partial charge in [0, 0.05) is 26.7 Å². The van der Waals surface area contributed by atoms with Crippen molar-refractivity contribution in [2.45, 2.75) is 64.6 Å². The van der Waals surface area contributed by atoms with Crippen LogP contribution in [0.1, 0.15) is 51.3 Å². The van der Waals surface area contributed by atoms with Crippen molar-refractivity contribution in [3.63, 3.8) is 0 Å². The van der Waals surface area contributed by atoms with Crippen molar-refractivity contribution in [3.8, 4) is 0 Å². The third-order valence-corrected chi connectivity index (χ3v) is 4.19. The lowest BCUT2D eigenvalue weighted by Gasteiger charge is -2.22. The van der Waals surface area contributed by atoms with Gasteiger partial charge < -0.3 is 19.9 Å². The molecule has 1 aromatic heterocycles. The quantitative estimate of drug-likeness (QED) is 0.275. The van der Waals surface area contributed by atoms with Gasteiger partial charge in [-0.25, -0.2) is 0 Å². The second-order valence-corrected chi connectivity index (χ2v) is 5.87. The van der Waals surface area contributed by atoms with E-state index in [1.165, 1.54) is 32.1 Å². The van der Waals surface area contributed by atoms with Gasteiger partial charge in [0.2, 0.25) is 0 Å². The van der Waals surface area contributed by atoms with Crippen LogP contribution in [0.25, 0.3) is 0 Å². The van der Waals surface area contributed by atoms with Crippen molar-refractivity contribution in [2.75, 3.05) is 20.2 Å². The first-order chi connectivity index (χ1) is 11.3. The molecule has 1 heterocycles. The summed E-state index contributed by atoms with van der Waals surface area (Å²) in [6, 6.07) is 0. The molecule has 0 unspecified atom stereocenters. The fourth-order valence-electron chi connectivity index (χ4n) is 2.82. The van der Waals surface area contributed by atoms with Crippen LogP contribution in [0.5, 0.6) is 0 Å². The summed E-state index contributed by atoms with van der Waals surface area (Å²) in [5.74, 6) is 1.70. The summed E-state index contributed by atoms with van der Waals surface area (Å²) in [5.41, 5.74) is 0. The van der Waals surface area contributed by atoms with Gasteiger partial charge in [0.15, 0.2) is 11.8 Å². The van der Waals surface area contributed by atoms with Gasteiger partial charge in [-0.3, -0.25) is 4.99 Å². The molecule has 7 nitrogen and oxygen atoms in total. The van der Waals surface area contributed by atoms with Gasteiger partial charge in [-0.1, -0.05) is 19.3 Å². The number of aryl methyl sites for hydroxylation is 1. The van der Waals surface area contributed by atoms with Crippen LogP contribution >= 0.6 is 24.0 Å². The Balaban J connectivity index is 0.00000288. The number of rotatable bonds is 8. The Kier molecular flexibility index (Phi) is 11.0. The van der Waals surface area contributed by atoms with Crippen molar-refractivity contribution in [1.82, 2.24) is 25.4 Å². The highest BCUT2D eigenvalue weighted by Gasteiger charge is 2.13. The SMILES string of the molecule is CCn1cnnc1CNC(=NC)NCCCOC1CCCCC1.I. The summed E-state index contributed by atoms with van der Waals surface area (Å²) in [5, 5.41) is 14.6. The van der Waals surface area contributed by atoms with Crippen LogP contribution < -0.4 is 10.6 Å². The van der Waals surface area contributed by atoms with Crippen LogP contribution in [-0.2, 0) is 17.8 Å². The Morgan fingerprint density at radius 1 is 1.33 bits per heavy atom. The maximum atomic E-state index is 5.93. The Labute approximate surface area is 162 Å². The molecule has 1 aromatic rings. The minimum atomic E-state index is 0. The molecule has 0 amide bonds. The molecule has 24 heavy (non-hydrogen) atoms. The maximum absolute atomic E-state index is 5.93. The lowest BCUT2D eigenvalue weighted by molar-refractivity contribution is 0.0277. The number of aromatic nitrogens is 3. The lowest BCUT2D eigenvalue weighted by atomic mass is 9.98. The first-order valence-electron chi connectivity index (χ1n) is 8.76. The molecule has 0 saturated heterocycles. The number of guanidine groups is 1. The van der Waals surface area contributed by atoms with E-state index >= 15 is 0 Å². The lowest BCUT2D eigenvalue weighted by Crippen LogP contribution is -2.38. The molecule has 8 heteroatoms. The van der Waals surface area contributed by atoms with Gasteiger partial charge in [0.1, 0.15) is 6.33 Å². The summed E-state index contributed by atoms with van der Waals surface area (Å²) in [6.45, 7) is 5.23. The molecule has 2 rings (SSSR count). The average Bonchev–Trinajstić information content (AvgIpc) is 3.06. The molecule has 0 atom stereocenters. The van der Waals surface area contributed by atoms with Gasteiger partial charge in [-0.15, -0.1) is 34.2 Å². The number of halogens is 1. The van der Waals surface area contributed by atoms with Crippen LogP contribution in [-0.4, -0.2) is 47.0 Å². The summed E-state index contributed by atoms with van der Waals surface area (Å²) >= 11 is 0. The molecule has 1 aliphatic rings. The Hall–Kier alpha value is -0.900. The van der Waals surface area contributed by atoms with Gasteiger partial charge in [0.25, 0.3) is 0 Å². The average molecular weight is 450 g/mol. The molecule has 0 aromatic carbocycles. The van der Waals surface area contributed by atoms with E-state index in [-0.39, 0.29) is 24.0 Å². The van der Waals surface area contributed by atoms with E-state index in [1.54, 1.807) is 13.4 Å². The van der Waals surface area contributed by atoms with Gasteiger partial charge in [0.05, 0.1) is 12.6 Å². The van der Waals surface area contributed by atoms with Crippen LogP contribution in [0.3, 0.4) is 0 Å². The van der Waals surface area contributed by atoms with E-state index in [9.17, 15) is 0 Å². The van der Waals surface area contributed by atoms with Crippen LogP contribution in [0.2, 0.25) is 0 Å². The summed E-state index contributed by atoms with van der Waals surface area (Å²) in [7, 11) is 1.78. The highest BCUT2D eigenvalue weighted by molar-refractivity contribution is 14.0. The van der Waals surface area contributed by atoms with Gasteiger partial charge >= 0.3 is 0 Å². The molecule has 1 saturated carbocycles. The largest absolute Gasteiger partial charge is 0.378 e. The number of hydrogen-bond donors (Lipinski definition) is 2. The number of aliphatic imine (C=N–C) groups is 1. The molecule has 138 valence electrons. The topological polar surface area (TPSA) is 76.4 Å². The zero-order chi connectivity index (χ0) is 16.3. The number of hydrogen-bond acceptors (Lipinski definition) is 4. The summed E-state index contributed by atoms with van der Waals surface area (Å²) < 4.78 is 7.94. The van der Waals surface area contributed by atoms with Crippen molar-refractivity contribution < 1.29 is 4.74 Å². The first-order valence-corrected chi connectivity index (χ1v) is 8.76. The van der Waals surface area contributed by atoms with E-state index in [0.29, 0.717) is 12.6 Å². The number of ether oxygens (including phenoxy) is 1. The van der Waals surface area contributed by atoms with E-state index in [0.717, 1.165) is 37.9 Å². The monoisotopic (exact) mass is 450 g/mol. The standard InChI is InChI=1S/C16H30N6O.HI/c1-3-22-13-20-21-15(22)12-19-16(17-2)18-10-7-11-23-14-8-5-4-6-9-14;/h13-14H,3-12H2,1-2H3,(H2,17,18,19);1H. The van der Waals surface area contributed by atoms with Crippen molar-refractivity contribution in [1.29, 1.82) is 0 Å². The van der Waals surface area contributed by atoms with E-state index in [4.69, 9.17) is 4.74 Å². The van der Waals surface area contributed by atoms with Crippen molar-refractivity contribution in [3.05, 3.63) is 12.2 Å². The predicted octanol–water partition coefficient (Wildman–Crippen LogP) is 2.32. The van der Waals surface area contributed by atoms with E-state index in [2.05, 4.69) is 32.7 Å². The maximum Gasteiger partial charge on any atom is 0.191 e. The molecular formula is C16H31IN6O. The van der Waals surface area contributed by atoms with Crippen LogP contribution in [0.15, 0.2) is 11.3 Å². The smallest absolute Gasteiger partial charge is 0.191 e. The fraction of sp³-hybridized carbons (Fsp3) is 0.812. The summed E-state index contributed by atoms with van der Waals surface area (Å²) in [6.07, 6.45) is 9.70. The van der Waals surface area contributed by atoms with Crippen molar-refractivity contribution in [2.24, 2.45) is 4.99 Å². The van der Waals surface area contributed by atoms with Crippen LogP contribution in [0.4, 0.5) is 0 Å². The molecule has 2 N–H and O–H groups in total. The number of nitrogens with one attached hydrogen (secondary N) is 2. The molecular weight excluding hydrogens is 419 g/mol. The number of nitrogens with zero attached hydrogens (tertiary/aromatic N) is 4. The van der Waals surface area contributed by atoms with E-state index in [1.807, 2.05) is 4.57 Å². The van der Waals surface area contributed by atoms with E-state index < -0.39 is 0 Å². The molecule has 0 bridgehead atoms. The highest BCUT2D eigenvalue weighted by Crippen LogP contribution is 2.20. The fourth-order valence-corrected chi connectivity index (χ4v) is 2.82. The second kappa shape index (κ2) is 12.5. The Morgan fingerprint density at radius 2 is 2.12 bits per heavy atom. The second-order valence-electron chi connectivity index (χ2n) is 5.87. The third kappa shape index (κ3) is 7.33. The molecule has 1 aliphatic carbocycles. The minimum Gasteiger partial charge on any atom is -0.378 e. The Morgan fingerprint density at radius 3 is 2.83 bits per heavy atom. The van der Waals surface area contributed by atoms with Gasteiger partial charge in [-0.05, 0) is 26.2 Å². The minimum absolute atomic E-state index is 0. The third-order valence-electron chi connectivity index (χ3n) is 4.19. The zero-order valence-corrected chi connectivity index (χ0v) is 17.2. The first kappa shape index (κ1) is 21.1. The Bertz CT molecular complexity index is 473. The molecule has 1 fully saturated rings. The molecule has 0 radical (unpaired) electrons. The zero-order valence-electron chi connectivity index (χ0n) is 14.8. The van der Waals surface area contributed by atoms with Crippen molar-refractivity contribution >= 4 is 29.9 Å². The van der Waals surface area contributed by atoms with Crippen LogP contribution in [0, 0.1) is 0 Å².